The molecular weight excluding hydrogens is 454 g/mol. The van der Waals surface area contributed by atoms with Crippen LogP contribution in [0.3, 0.4) is 0 Å². The molecule has 0 bridgehead atoms. The number of allylic oxidation sites excluding steroid dienone is 1. The second kappa shape index (κ2) is 6.92. The lowest BCUT2D eigenvalue weighted by Crippen LogP contribution is -2.34. The molecule has 1 aromatic carbocycles. The van der Waals surface area contributed by atoms with Crippen LogP contribution in [0.15, 0.2) is 40.1 Å². The summed E-state index contributed by atoms with van der Waals surface area (Å²) in [5.41, 5.74) is 0.480. The van der Waals surface area contributed by atoms with Gasteiger partial charge in [-0.3, -0.25) is 0 Å². The Hall–Kier alpha value is -0.270. The van der Waals surface area contributed by atoms with Crippen molar-refractivity contribution < 1.29 is 17.2 Å². The van der Waals surface area contributed by atoms with E-state index in [0.717, 1.165) is 30.2 Å². The maximum atomic E-state index is 14.1. The summed E-state index contributed by atoms with van der Waals surface area (Å²) in [4.78, 5) is -3.37. The number of alkyl halides is 4. The Morgan fingerprint density at radius 3 is 2.17 bits per heavy atom. The fourth-order valence-corrected chi connectivity index (χ4v) is 6.08. The topological polar surface area (TPSA) is 34.1 Å². The Labute approximate surface area is 152 Å². The van der Waals surface area contributed by atoms with E-state index in [9.17, 15) is 17.2 Å². The molecule has 1 aromatic rings. The van der Waals surface area contributed by atoms with E-state index in [1.54, 1.807) is 12.1 Å². The first-order valence-corrected chi connectivity index (χ1v) is 10.5. The van der Waals surface area contributed by atoms with Gasteiger partial charge in [0, 0.05) is 11.0 Å². The van der Waals surface area contributed by atoms with Gasteiger partial charge < -0.3 is 0 Å². The first-order chi connectivity index (χ1) is 10.5. The van der Waals surface area contributed by atoms with Gasteiger partial charge in [-0.1, -0.05) is 52.9 Å². The normalized spacial score (nSPS) is 19.6. The molecule has 0 atom stereocenters. The van der Waals surface area contributed by atoms with Crippen molar-refractivity contribution in [1.29, 1.82) is 0 Å². The average Bonchev–Trinajstić information content (AvgIpc) is 2.45. The number of halogens is 4. The van der Waals surface area contributed by atoms with Crippen LogP contribution in [0.4, 0.5) is 8.78 Å². The molecule has 0 N–H and O–H groups in total. The average molecular weight is 472 g/mol. The smallest absolute Gasteiger partial charge is 0.219 e. The molecule has 0 aromatic heterocycles. The number of rotatable bonds is 4. The van der Waals surface area contributed by atoms with Crippen LogP contribution in [0.5, 0.6) is 0 Å². The van der Waals surface area contributed by atoms with Crippen LogP contribution in [-0.4, -0.2) is 17.6 Å². The first-order valence-electron chi connectivity index (χ1n) is 7.35. The third-order valence-electron chi connectivity index (χ3n) is 4.06. The van der Waals surface area contributed by atoms with Crippen molar-refractivity contribution in [3.8, 4) is 0 Å². The third-order valence-corrected chi connectivity index (χ3v) is 7.18. The molecule has 2 rings (SSSR count). The van der Waals surface area contributed by atoms with Crippen molar-refractivity contribution in [1.82, 2.24) is 0 Å². The molecule has 0 spiro atoms. The van der Waals surface area contributed by atoms with Crippen LogP contribution in [0, 0.1) is 6.92 Å². The van der Waals surface area contributed by atoms with E-state index in [1.807, 2.05) is 6.92 Å². The predicted octanol–water partition coefficient (Wildman–Crippen LogP) is 5.74. The molecule has 1 aliphatic carbocycles. The zero-order valence-corrected chi connectivity index (χ0v) is 16.6. The van der Waals surface area contributed by atoms with Crippen molar-refractivity contribution in [2.45, 2.75) is 53.1 Å². The van der Waals surface area contributed by atoms with Crippen LogP contribution < -0.4 is 0 Å². The molecule has 0 heterocycles. The second-order valence-corrected chi connectivity index (χ2v) is 10.2. The van der Waals surface area contributed by atoms with E-state index >= 15 is 0 Å². The number of aryl methyl sites for hydroxylation is 1. The maximum Gasteiger partial charge on any atom is 0.325 e. The van der Waals surface area contributed by atoms with E-state index in [0.29, 0.717) is 12.8 Å². The zero-order valence-electron chi connectivity index (χ0n) is 12.7. The van der Waals surface area contributed by atoms with Crippen LogP contribution in [0.2, 0.25) is 0 Å². The van der Waals surface area contributed by atoms with Crippen molar-refractivity contribution in [2.75, 3.05) is 0 Å². The summed E-state index contributed by atoms with van der Waals surface area (Å²) in [6, 6.07) is 6.17. The number of sulfone groups is 1. The minimum atomic E-state index is -3.95. The van der Waals surface area contributed by atoms with Gasteiger partial charge in [-0.25, -0.2) is 8.42 Å². The lowest BCUT2D eigenvalue weighted by molar-refractivity contribution is 0.142. The Morgan fingerprint density at radius 1 is 1.17 bits per heavy atom. The molecule has 0 radical (unpaired) electrons. The first kappa shape index (κ1) is 19.1. The SMILES string of the molecule is Cc1ccc(S(=O)(=O)/C=C(/C(F)(F)Br)C2(Br)CCCCC2)cc1. The molecule has 0 saturated heterocycles. The van der Waals surface area contributed by atoms with Gasteiger partial charge in [0.2, 0.25) is 0 Å². The van der Waals surface area contributed by atoms with Gasteiger partial charge in [0.1, 0.15) is 0 Å². The molecule has 23 heavy (non-hydrogen) atoms. The monoisotopic (exact) mass is 470 g/mol. The summed E-state index contributed by atoms with van der Waals surface area (Å²) in [5, 5.41) is 0.729. The number of hydrogen-bond donors (Lipinski definition) is 0. The highest BCUT2D eigenvalue weighted by Crippen LogP contribution is 2.50. The maximum absolute atomic E-state index is 14.1. The Morgan fingerprint density at radius 2 is 1.70 bits per heavy atom. The summed E-state index contributed by atoms with van der Waals surface area (Å²) < 4.78 is 52.2. The van der Waals surface area contributed by atoms with E-state index < -0.39 is 24.6 Å². The highest BCUT2D eigenvalue weighted by Gasteiger charge is 2.46. The van der Waals surface area contributed by atoms with Gasteiger partial charge in [0.05, 0.1) is 9.22 Å². The standard InChI is InChI=1S/C16H18Br2F2O2S/c1-12-5-7-13(8-6-12)23(21,22)11-14(16(18,19)20)15(17)9-3-2-4-10-15/h5-8,11H,2-4,9-10H2,1H3/b14-11+. The van der Waals surface area contributed by atoms with Gasteiger partial charge in [0.25, 0.3) is 0 Å². The highest BCUT2D eigenvalue weighted by atomic mass is 79.9. The van der Waals surface area contributed by atoms with Gasteiger partial charge >= 0.3 is 4.83 Å². The van der Waals surface area contributed by atoms with Crippen LogP contribution in [0.25, 0.3) is 0 Å². The number of hydrogen-bond acceptors (Lipinski definition) is 2. The van der Waals surface area contributed by atoms with Crippen molar-refractivity contribution in [2.24, 2.45) is 0 Å². The highest BCUT2D eigenvalue weighted by molar-refractivity contribution is 9.10. The van der Waals surface area contributed by atoms with Crippen LogP contribution in [0.1, 0.15) is 37.7 Å². The van der Waals surface area contributed by atoms with Crippen LogP contribution >= 0.6 is 31.9 Å². The van der Waals surface area contributed by atoms with E-state index in [4.69, 9.17) is 0 Å². The Kier molecular flexibility index (Phi) is 5.74. The molecule has 2 nitrogen and oxygen atoms in total. The number of benzene rings is 1. The molecule has 1 aliphatic rings. The van der Waals surface area contributed by atoms with Crippen molar-refractivity contribution >= 4 is 41.7 Å². The fraction of sp³-hybridized carbons (Fsp3) is 0.500. The largest absolute Gasteiger partial charge is 0.325 e. The van der Waals surface area contributed by atoms with E-state index in [-0.39, 0.29) is 4.90 Å². The lowest BCUT2D eigenvalue weighted by Gasteiger charge is -2.35. The predicted molar refractivity (Wildman–Crippen MR) is 95.1 cm³/mol. The summed E-state index contributed by atoms with van der Waals surface area (Å²) in [5.74, 6) is 0. The molecule has 1 saturated carbocycles. The van der Waals surface area contributed by atoms with Crippen molar-refractivity contribution in [3.05, 3.63) is 40.8 Å². The van der Waals surface area contributed by atoms with E-state index in [1.165, 1.54) is 12.1 Å². The molecule has 1 fully saturated rings. The lowest BCUT2D eigenvalue weighted by atomic mass is 9.84. The van der Waals surface area contributed by atoms with E-state index in [2.05, 4.69) is 31.9 Å². The molecule has 0 amide bonds. The second-order valence-electron chi connectivity index (χ2n) is 5.91. The van der Waals surface area contributed by atoms with Gasteiger partial charge in [0.15, 0.2) is 9.84 Å². The van der Waals surface area contributed by atoms with Crippen LogP contribution in [-0.2, 0) is 9.84 Å². The summed E-state index contributed by atoms with van der Waals surface area (Å²) >= 11 is 5.75. The summed E-state index contributed by atoms with van der Waals surface area (Å²) in [7, 11) is -3.95. The summed E-state index contributed by atoms with van der Waals surface area (Å²) in [6.07, 6.45) is 3.53. The quantitative estimate of drug-likeness (QED) is 0.525. The van der Waals surface area contributed by atoms with Crippen molar-refractivity contribution in [3.63, 3.8) is 0 Å². The molecule has 0 unspecified atom stereocenters. The summed E-state index contributed by atoms with van der Waals surface area (Å²) in [6.45, 7) is 1.83. The minimum Gasteiger partial charge on any atom is -0.219 e. The zero-order chi connectivity index (χ0) is 17.3. The third kappa shape index (κ3) is 4.63. The minimum absolute atomic E-state index is 0.0178. The molecule has 0 aliphatic heterocycles. The van der Waals surface area contributed by atoms with Gasteiger partial charge in [-0.2, -0.15) is 8.78 Å². The fourth-order valence-electron chi connectivity index (χ4n) is 2.76. The Bertz CT molecular complexity index is 686. The van der Waals surface area contributed by atoms with Gasteiger partial charge in [-0.05, 0) is 47.8 Å². The molecule has 128 valence electrons. The molecule has 7 heteroatoms. The molecular formula is C16H18Br2F2O2S. The Balaban J connectivity index is 2.50. The van der Waals surface area contributed by atoms with Gasteiger partial charge in [-0.15, -0.1) is 0 Å².